The second kappa shape index (κ2) is 5.82. The first-order chi connectivity index (χ1) is 12.9. The fraction of sp³-hybridized carbons (Fsp3) is 0.450. The Morgan fingerprint density at radius 3 is 2.22 bits per heavy atom. The Morgan fingerprint density at radius 1 is 1.07 bits per heavy atom. The third-order valence-electron chi connectivity index (χ3n) is 6.65. The number of halogens is 2. The summed E-state index contributed by atoms with van der Waals surface area (Å²) >= 11 is 11.9. The predicted molar refractivity (Wildman–Crippen MR) is 101 cm³/mol. The summed E-state index contributed by atoms with van der Waals surface area (Å²) in [5.41, 5.74) is 0.473. The van der Waals surface area contributed by atoms with Crippen molar-refractivity contribution in [2.45, 2.75) is 19.4 Å². The van der Waals surface area contributed by atoms with Gasteiger partial charge in [-0.15, -0.1) is 0 Å². The molecule has 1 aromatic carbocycles. The number of amides is 3. The molecule has 7 heteroatoms. The molecule has 1 N–H and O–H groups in total. The van der Waals surface area contributed by atoms with E-state index in [9.17, 15) is 14.4 Å². The van der Waals surface area contributed by atoms with Crippen LogP contribution in [0.5, 0.6) is 0 Å². The van der Waals surface area contributed by atoms with Crippen LogP contribution in [0.1, 0.15) is 13.3 Å². The highest BCUT2D eigenvalue weighted by atomic mass is 35.5. The molecule has 5 aliphatic rings. The first-order valence-corrected chi connectivity index (χ1v) is 9.95. The Kier molecular flexibility index (Phi) is 3.72. The van der Waals surface area contributed by atoms with Crippen molar-refractivity contribution in [1.29, 1.82) is 0 Å². The first kappa shape index (κ1) is 17.3. The minimum Gasteiger partial charge on any atom is -0.324 e. The van der Waals surface area contributed by atoms with Crippen LogP contribution in [0.2, 0.25) is 10.0 Å². The topological polar surface area (TPSA) is 66.5 Å². The monoisotopic (exact) mass is 404 g/mol. The maximum absolute atomic E-state index is 13.1. The largest absolute Gasteiger partial charge is 0.324 e. The summed E-state index contributed by atoms with van der Waals surface area (Å²) in [4.78, 5) is 40.0. The average Bonchev–Trinajstić information content (AvgIpc) is 3.42. The fourth-order valence-electron chi connectivity index (χ4n) is 5.30. The maximum atomic E-state index is 13.1. The van der Waals surface area contributed by atoms with Crippen LogP contribution in [0.25, 0.3) is 0 Å². The van der Waals surface area contributed by atoms with Crippen molar-refractivity contribution in [3.63, 3.8) is 0 Å². The van der Waals surface area contributed by atoms with Gasteiger partial charge < -0.3 is 5.32 Å². The number of rotatable bonds is 3. The molecule has 2 bridgehead atoms. The molecule has 3 amide bonds. The first-order valence-electron chi connectivity index (χ1n) is 9.19. The van der Waals surface area contributed by atoms with Gasteiger partial charge in [0.05, 0.1) is 21.9 Å². The number of nitrogens with zero attached hydrogens (tertiary/aromatic N) is 1. The molecule has 0 spiro atoms. The molecule has 0 radical (unpaired) electrons. The van der Waals surface area contributed by atoms with Gasteiger partial charge in [-0.2, -0.15) is 0 Å². The van der Waals surface area contributed by atoms with Gasteiger partial charge in [0.1, 0.15) is 6.04 Å². The molecule has 140 valence electrons. The van der Waals surface area contributed by atoms with E-state index in [4.69, 9.17) is 23.2 Å². The lowest BCUT2D eigenvalue weighted by Gasteiger charge is -2.37. The molecule has 6 rings (SSSR count). The van der Waals surface area contributed by atoms with Crippen molar-refractivity contribution < 1.29 is 14.4 Å². The molecule has 2 saturated carbocycles. The van der Waals surface area contributed by atoms with E-state index in [-0.39, 0.29) is 35.5 Å². The standard InChI is InChI=1S/C20H18Cl2N2O3/c1-8(18(25)23-9-2-5-14(21)15(22)6-9)24-19(26)16-10-3-4-11(13-7-12(10)13)17(16)20(24)27/h2-6,8,10-13,16-17H,7H2,1H3,(H,23,25)/t8-,10+,11+,12+,13+,16-,17+/m1/s1. The molecule has 3 fully saturated rings. The Balaban J connectivity index is 1.37. The van der Waals surface area contributed by atoms with E-state index in [1.165, 1.54) is 4.90 Å². The van der Waals surface area contributed by atoms with E-state index in [0.717, 1.165) is 6.42 Å². The Labute approximate surface area is 166 Å². The smallest absolute Gasteiger partial charge is 0.247 e. The van der Waals surface area contributed by atoms with Crippen molar-refractivity contribution in [3.05, 3.63) is 40.4 Å². The van der Waals surface area contributed by atoms with E-state index < -0.39 is 11.9 Å². The van der Waals surface area contributed by atoms with Crippen molar-refractivity contribution >= 4 is 46.6 Å². The van der Waals surface area contributed by atoms with Gasteiger partial charge in [0.25, 0.3) is 0 Å². The van der Waals surface area contributed by atoms with Gasteiger partial charge in [-0.25, -0.2) is 0 Å². The number of imide groups is 1. The average molecular weight is 405 g/mol. The van der Waals surface area contributed by atoms with Crippen LogP contribution in [0.4, 0.5) is 5.69 Å². The quantitative estimate of drug-likeness (QED) is 0.620. The number of carbonyl (C=O) groups is 3. The summed E-state index contributed by atoms with van der Waals surface area (Å²) < 4.78 is 0. The normalized spacial score (nSPS) is 36.5. The van der Waals surface area contributed by atoms with Crippen LogP contribution in [0, 0.1) is 35.5 Å². The number of likely N-dealkylation sites (tertiary alicyclic amines) is 1. The number of benzene rings is 1. The summed E-state index contributed by atoms with van der Waals surface area (Å²) in [6.45, 7) is 1.59. The molecule has 4 aliphatic carbocycles. The molecule has 0 aromatic heterocycles. The zero-order valence-electron chi connectivity index (χ0n) is 14.6. The van der Waals surface area contributed by atoms with Crippen LogP contribution in [-0.2, 0) is 14.4 Å². The van der Waals surface area contributed by atoms with Crippen LogP contribution < -0.4 is 5.32 Å². The van der Waals surface area contributed by atoms with Crippen LogP contribution in [0.3, 0.4) is 0 Å². The van der Waals surface area contributed by atoms with Gasteiger partial charge in [-0.3, -0.25) is 19.3 Å². The minimum atomic E-state index is -0.874. The van der Waals surface area contributed by atoms with Crippen molar-refractivity contribution in [2.75, 3.05) is 5.32 Å². The number of allylic oxidation sites excluding steroid dienone is 2. The van der Waals surface area contributed by atoms with Gasteiger partial charge in [0.15, 0.2) is 0 Å². The Morgan fingerprint density at radius 2 is 1.67 bits per heavy atom. The highest BCUT2D eigenvalue weighted by Gasteiger charge is 2.67. The molecular formula is C20H18Cl2N2O3. The van der Waals surface area contributed by atoms with E-state index >= 15 is 0 Å². The second-order valence-corrected chi connectivity index (χ2v) is 8.81. The number of hydrogen-bond acceptors (Lipinski definition) is 3. The zero-order valence-corrected chi connectivity index (χ0v) is 16.1. The highest BCUT2D eigenvalue weighted by molar-refractivity contribution is 6.42. The lowest BCUT2D eigenvalue weighted by Crippen LogP contribution is -2.46. The fourth-order valence-corrected chi connectivity index (χ4v) is 5.60. The molecule has 7 atom stereocenters. The molecule has 5 nitrogen and oxygen atoms in total. The molecular weight excluding hydrogens is 387 g/mol. The van der Waals surface area contributed by atoms with Crippen molar-refractivity contribution in [3.8, 4) is 0 Å². The SMILES string of the molecule is C[C@H](C(=O)Nc1ccc(Cl)c(Cl)c1)N1C(=O)[C@@H]2[C@H]3C=C[C@@H]([C@@H]4C[C@@H]34)[C@@H]2C1=O. The summed E-state index contributed by atoms with van der Waals surface area (Å²) in [6, 6.07) is 3.88. The third kappa shape index (κ3) is 2.41. The number of nitrogens with one attached hydrogen (secondary N) is 1. The van der Waals surface area contributed by atoms with Crippen molar-refractivity contribution in [2.24, 2.45) is 35.5 Å². The van der Waals surface area contributed by atoms with E-state index in [2.05, 4.69) is 17.5 Å². The van der Waals surface area contributed by atoms with Gasteiger partial charge >= 0.3 is 0 Å². The molecule has 27 heavy (non-hydrogen) atoms. The maximum Gasteiger partial charge on any atom is 0.247 e. The summed E-state index contributed by atoms with van der Waals surface area (Å²) in [7, 11) is 0. The lowest BCUT2D eigenvalue weighted by atomic mass is 9.63. The van der Waals surface area contributed by atoms with Crippen LogP contribution in [0.15, 0.2) is 30.4 Å². The summed E-state index contributed by atoms with van der Waals surface area (Å²) in [5.74, 6) is -0.0321. The van der Waals surface area contributed by atoms with Gasteiger partial charge in [-0.05, 0) is 55.2 Å². The van der Waals surface area contributed by atoms with Crippen molar-refractivity contribution in [1.82, 2.24) is 4.90 Å². The molecule has 1 aromatic rings. The number of hydrogen-bond donors (Lipinski definition) is 1. The van der Waals surface area contributed by atoms with Gasteiger partial charge in [0.2, 0.25) is 17.7 Å². The van der Waals surface area contributed by atoms with Crippen LogP contribution >= 0.6 is 23.2 Å². The lowest BCUT2D eigenvalue weighted by molar-refractivity contribution is -0.146. The third-order valence-corrected chi connectivity index (χ3v) is 7.39. The Hall–Kier alpha value is -1.85. The summed E-state index contributed by atoms with van der Waals surface area (Å²) in [5, 5.41) is 3.43. The summed E-state index contributed by atoms with van der Waals surface area (Å²) in [6.07, 6.45) is 5.35. The van der Waals surface area contributed by atoms with Crippen LogP contribution in [-0.4, -0.2) is 28.7 Å². The highest BCUT2D eigenvalue weighted by Crippen LogP contribution is 2.65. The van der Waals surface area contributed by atoms with Gasteiger partial charge in [0, 0.05) is 5.69 Å². The van der Waals surface area contributed by atoms with E-state index in [1.807, 2.05) is 0 Å². The molecule has 1 heterocycles. The Bertz CT molecular complexity index is 878. The van der Waals surface area contributed by atoms with Gasteiger partial charge in [-0.1, -0.05) is 35.4 Å². The van der Waals surface area contributed by atoms with E-state index in [0.29, 0.717) is 27.6 Å². The molecule has 0 unspecified atom stereocenters. The predicted octanol–water partition coefficient (Wildman–Crippen LogP) is 3.37. The zero-order chi connectivity index (χ0) is 19.0. The van der Waals surface area contributed by atoms with E-state index in [1.54, 1.807) is 25.1 Å². The molecule has 1 aliphatic heterocycles. The second-order valence-electron chi connectivity index (χ2n) is 8.00. The molecule has 1 saturated heterocycles. The minimum absolute atomic E-state index is 0.150. The number of anilines is 1. The number of carbonyl (C=O) groups excluding carboxylic acids is 3.